The van der Waals surface area contributed by atoms with Crippen LogP contribution in [0.15, 0.2) is 5.16 Å². The van der Waals surface area contributed by atoms with Gasteiger partial charge in [0.2, 0.25) is 0 Å². The molecule has 1 aromatic heterocycles. The lowest BCUT2D eigenvalue weighted by atomic mass is 9.75. The van der Waals surface area contributed by atoms with Crippen molar-refractivity contribution in [3.05, 3.63) is 10.7 Å². The molecule has 0 bridgehead atoms. The molecule has 2 heterocycles. The minimum Gasteiger partial charge on any atom is -0.465 e. The summed E-state index contributed by atoms with van der Waals surface area (Å²) in [6, 6.07) is -0.249. The first-order chi connectivity index (χ1) is 12.0. The molecule has 1 aliphatic rings. The van der Waals surface area contributed by atoms with E-state index in [0.29, 0.717) is 41.1 Å². The zero-order valence-corrected chi connectivity index (χ0v) is 17.4. The van der Waals surface area contributed by atoms with E-state index in [1.54, 1.807) is 0 Å². The zero-order valence-electron chi connectivity index (χ0n) is 15.8. The van der Waals surface area contributed by atoms with Crippen molar-refractivity contribution in [2.24, 2.45) is 5.41 Å². The summed E-state index contributed by atoms with van der Waals surface area (Å²) in [6.45, 7) is 8.50. The molecule has 0 spiro atoms. The van der Waals surface area contributed by atoms with Crippen LogP contribution in [-0.2, 0) is 6.42 Å². The summed E-state index contributed by atoms with van der Waals surface area (Å²) in [5.41, 5.74) is -0.143. The zero-order chi connectivity index (χ0) is 19.7. The third-order valence-electron chi connectivity index (χ3n) is 4.74. The number of amides is 1. The maximum atomic E-state index is 11.7. The highest BCUT2D eigenvalue weighted by Gasteiger charge is 2.52. The number of aliphatic hydroxyl groups excluding tert-OH is 1. The fourth-order valence-electron chi connectivity index (χ4n) is 3.96. The van der Waals surface area contributed by atoms with E-state index in [-0.39, 0.29) is 18.1 Å². The van der Waals surface area contributed by atoms with Gasteiger partial charge in [0.05, 0.1) is 11.6 Å². The van der Waals surface area contributed by atoms with Crippen molar-refractivity contribution in [1.82, 2.24) is 14.9 Å². The van der Waals surface area contributed by atoms with Crippen LogP contribution in [0.5, 0.6) is 0 Å². The van der Waals surface area contributed by atoms with E-state index >= 15 is 0 Å². The summed E-state index contributed by atoms with van der Waals surface area (Å²) < 4.78 is 0. The van der Waals surface area contributed by atoms with Gasteiger partial charge in [0.25, 0.3) is 0 Å². The Kier molecular flexibility index (Phi) is 6.30. The predicted octanol–water partition coefficient (Wildman–Crippen LogP) is 3.36. The second kappa shape index (κ2) is 7.78. The molecule has 9 heteroatoms. The smallest absolute Gasteiger partial charge is 0.407 e. The van der Waals surface area contributed by atoms with Crippen molar-refractivity contribution < 1.29 is 15.0 Å². The number of likely N-dealkylation sites (tertiary alicyclic amines) is 1. The number of nitrogens with zero attached hydrogens (tertiary/aromatic N) is 3. The van der Waals surface area contributed by atoms with E-state index < -0.39 is 11.6 Å². The highest BCUT2D eigenvalue weighted by Crippen LogP contribution is 2.42. The molecular formula is C17H27ClN4O3S. The van der Waals surface area contributed by atoms with Gasteiger partial charge in [-0.15, -0.1) is 0 Å². The fraction of sp³-hybridized carbons (Fsp3) is 0.706. The van der Waals surface area contributed by atoms with Gasteiger partial charge in [-0.05, 0) is 25.0 Å². The molecule has 146 valence electrons. The van der Waals surface area contributed by atoms with Gasteiger partial charge in [-0.25, -0.2) is 14.8 Å². The highest BCUT2D eigenvalue weighted by atomic mass is 35.5. The van der Waals surface area contributed by atoms with Crippen LogP contribution in [0.4, 0.5) is 10.6 Å². The van der Waals surface area contributed by atoms with Crippen molar-refractivity contribution in [1.29, 1.82) is 0 Å². The van der Waals surface area contributed by atoms with E-state index in [1.165, 1.54) is 16.7 Å². The fourth-order valence-corrected chi connectivity index (χ4v) is 4.64. The van der Waals surface area contributed by atoms with Crippen molar-refractivity contribution in [3.63, 3.8) is 0 Å². The lowest BCUT2D eigenvalue weighted by Crippen LogP contribution is -2.56. The number of rotatable bonds is 5. The van der Waals surface area contributed by atoms with Crippen LogP contribution in [-0.4, -0.2) is 62.2 Å². The molecule has 2 rings (SSSR count). The molecule has 0 aliphatic carbocycles. The molecular weight excluding hydrogens is 376 g/mol. The van der Waals surface area contributed by atoms with Crippen LogP contribution < -0.4 is 5.32 Å². The minimum atomic E-state index is -0.920. The van der Waals surface area contributed by atoms with Gasteiger partial charge in [0.1, 0.15) is 11.0 Å². The quantitative estimate of drug-likeness (QED) is 0.394. The molecule has 1 aliphatic heterocycles. The number of aromatic nitrogens is 2. The van der Waals surface area contributed by atoms with Gasteiger partial charge in [-0.3, -0.25) is 0 Å². The Balaban J connectivity index is 2.48. The predicted molar refractivity (Wildman–Crippen MR) is 104 cm³/mol. The first kappa shape index (κ1) is 21.1. The Morgan fingerprint density at radius 2 is 2.12 bits per heavy atom. The lowest BCUT2D eigenvalue weighted by Gasteiger charge is -2.43. The molecule has 0 saturated carbocycles. The van der Waals surface area contributed by atoms with Gasteiger partial charge in [-0.2, -0.15) is 0 Å². The molecule has 0 radical (unpaired) electrons. The van der Waals surface area contributed by atoms with E-state index in [1.807, 2.05) is 34.0 Å². The average molecular weight is 403 g/mol. The number of carboxylic acid groups (broad SMARTS) is 1. The molecule has 26 heavy (non-hydrogen) atoms. The molecule has 1 unspecified atom stereocenters. The highest BCUT2D eigenvalue weighted by molar-refractivity contribution is 7.98. The first-order valence-corrected chi connectivity index (χ1v) is 10.1. The molecule has 1 saturated heterocycles. The minimum absolute atomic E-state index is 0.0724. The van der Waals surface area contributed by atoms with Gasteiger partial charge < -0.3 is 20.4 Å². The number of hydrogen-bond acceptors (Lipinski definition) is 6. The average Bonchev–Trinajstić information content (AvgIpc) is 2.88. The second-order valence-corrected chi connectivity index (χ2v) is 8.97. The van der Waals surface area contributed by atoms with E-state index in [0.717, 1.165) is 0 Å². The number of aliphatic hydroxyl groups is 1. The topological polar surface area (TPSA) is 98.6 Å². The number of hydrogen-bond donors (Lipinski definition) is 3. The van der Waals surface area contributed by atoms with Crippen molar-refractivity contribution in [3.8, 4) is 0 Å². The monoisotopic (exact) mass is 402 g/mol. The van der Waals surface area contributed by atoms with Crippen LogP contribution in [0, 0.1) is 5.41 Å². The van der Waals surface area contributed by atoms with Crippen molar-refractivity contribution in [2.75, 3.05) is 24.7 Å². The van der Waals surface area contributed by atoms with Crippen LogP contribution in [0.3, 0.4) is 0 Å². The largest absolute Gasteiger partial charge is 0.465 e. The second-order valence-electron chi connectivity index (χ2n) is 7.84. The Labute approximate surface area is 163 Å². The van der Waals surface area contributed by atoms with Gasteiger partial charge >= 0.3 is 6.09 Å². The summed E-state index contributed by atoms with van der Waals surface area (Å²) >= 11 is 7.69. The summed E-state index contributed by atoms with van der Waals surface area (Å²) in [6.07, 6.45) is 1.92. The molecule has 2 atom stereocenters. The number of halogens is 1. The Bertz CT molecular complexity index is 683. The van der Waals surface area contributed by atoms with Crippen molar-refractivity contribution >= 4 is 35.3 Å². The maximum Gasteiger partial charge on any atom is 0.407 e. The third-order valence-corrected chi connectivity index (χ3v) is 5.60. The molecule has 1 aromatic rings. The van der Waals surface area contributed by atoms with Crippen LogP contribution >= 0.6 is 23.4 Å². The normalized spacial score (nSPS) is 23.3. The SMILES string of the molecule is CSc1nc(Cl)c(CCO)c(N[C@@]2(C)CCN(C(=O)O)C2C(C)(C)C)n1. The summed E-state index contributed by atoms with van der Waals surface area (Å²) in [5, 5.41) is 23.3. The number of anilines is 1. The molecule has 1 amide bonds. The molecule has 0 aromatic carbocycles. The molecule has 1 fully saturated rings. The molecule has 3 N–H and O–H groups in total. The lowest BCUT2D eigenvalue weighted by molar-refractivity contribution is 0.0903. The van der Waals surface area contributed by atoms with Gasteiger partial charge in [-0.1, -0.05) is 44.1 Å². The molecule has 7 nitrogen and oxygen atoms in total. The Morgan fingerprint density at radius 1 is 1.46 bits per heavy atom. The summed E-state index contributed by atoms with van der Waals surface area (Å²) in [4.78, 5) is 22.0. The summed E-state index contributed by atoms with van der Waals surface area (Å²) in [5.74, 6) is 0.562. The Morgan fingerprint density at radius 3 is 2.62 bits per heavy atom. The Hall–Kier alpha value is -1.25. The van der Waals surface area contributed by atoms with E-state index in [2.05, 4.69) is 15.3 Å². The maximum absolute atomic E-state index is 11.7. The third kappa shape index (κ3) is 4.18. The number of thioether (sulfide) groups is 1. The van der Waals surface area contributed by atoms with E-state index in [4.69, 9.17) is 11.6 Å². The van der Waals surface area contributed by atoms with E-state index in [9.17, 15) is 15.0 Å². The van der Waals surface area contributed by atoms with Crippen LogP contribution in [0.1, 0.15) is 39.7 Å². The van der Waals surface area contributed by atoms with Gasteiger partial charge in [0.15, 0.2) is 5.16 Å². The van der Waals surface area contributed by atoms with Gasteiger partial charge in [0, 0.05) is 25.1 Å². The number of nitrogens with one attached hydrogen (secondary N) is 1. The first-order valence-electron chi connectivity index (χ1n) is 8.52. The van der Waals surface area contributed by atoms with Crippen molar-refractivity contribution in [2.45, 2.75) is 57.3 Å². The number of carbonyl (C=O) groups is 1. The summed E-state index contributed by atoms with van der Waals surface area (Å²) in [7, 11) is 0. The van der Waals surface area contributed by atoms with Crippen LogP contribution in [0.25, 0.3) is 0 Å². The standard InChI is InChI=1S/C17H27ClN4O3S/c1-16(2,3)13-17(4,7-8-22(13)15(24)25)21-12-10(6-9-23)11(18)19-14(20-12)26-5/h13,23H,6-9H2,1-5H3,(H,24,25)(H,19,20,21)/t13?,17-/m0/s1. The van der Waals surface area contributed by atoms with Crippen LogP contribution in [0.2, 0.25) is 5.15 Å².